The summed E-state index contributed by atoms with van der Waals surface area (Å²) in [6, 6.07) is 6.01. The van der Waals surface area contributed by atoms with Gasteiger partial charge in [0, 0.05) is 19.6 Å². The number of hydrogen-bond acceptors (Lipinski definition) is 5. The van der Waals surface area contributed by atoms with Crippen LogP contribution in [-0.2, 0) is 11.3 Å². The Morgan fingerprint density at radius 2 is 2.04 bits per heavy atom. The van der Waals surface area contributed by atoms with Crippen LogP contribution in [0.3, 0.4) is 0 Å². The molecule has 0 unspecified atom stereocenters. The number of nitrogens with zero attached hydrogens (tertiary/aromatic N) is 1. The Morgan fingerprint density at radius 1 is 1.26 bits per heavy atom. The Hall–Kier alpha value is -1.50. The smallest absolute Gasteiger partial charge is 0.257 e. The maximum absolute atomic E-state index is 11.6. The van der Waals surface area contributed by atoms with Crippen LogP contribution in [0.25, 0.3) is 0 Å². The van der Waals surface area contributed by atoms with Crippen LogP contribution in [-0.4, -0.2) is 57.2 Å². The Kier molecular flexibility index (Phi) is 8.20. The molecule has 0 aromatic heterocycles. The monoisotopic (exact) mass is 397 g/mol. The van der Waals surface area contributed by atoms with E-state index in [4.69, 9.17) is 9.47 Å². The third kappa shape index (κ3) is 5.74. The minimum absolute atomic E-state index is 0. The molecule has 2 fully saturated rings. The van der Waals surface area contributed by atoms with Gasteiger partial charge in [0.15, 0.2) is 18.1 Å². The maximum atomic E-state index is 11.6. The fourth-order valence-corrected chi connectivity index (χ4v) is 4.11. The van der Waals surface area contributed by atoms with Gasteiger partial charge in [-0.2, -0.15) is 0 Å². The van der Waals surface area contributed by atoms with Crippen molar-refractivity contribution in [1.29, 1.82) is 0 Å². The highest BCUT2D eigenvalue weighted by Crippen LogP contribution is 2.39. The highest BCUT2D eigenvalue weighted by Gasteiger charge is 2.38. The molecule has 2 heterocycles. The highest BCUT2D eigenvalue weighted by molar-refractivity contribution is 5.85. The number of halogens is 1. The van der Waals surface area contributed by atoms with E-state index in [0.717, 1.165) is 26.2 Å². The lowest BCUT2D eigenvalue weighted by atomic mass is 9.78. The van der Waals surface area contributed by atoms with Crippen LogP contribution < -0.4 is 20.1 Å². The van der Waals surface area contributed by atoms with Crippen LogP contribution in [0.1, 0.15) is 31.7 Å². The van der Waals surface area contributed by atoms with Crippen LogP contribution in [0.4, 0.5) is 0 Å². The average Bonchev–Trinajstić information content (AvgIpc) is 3.03. The normalized spacial score (nSPS) is 18.7. The van der Waals surface area contributed by atoms with Crippen molar-refractivity contribution in [2.24, 2.45) is 5.41 Å². The predicted octanol–water partition coefficient (Wildman–Crippen LogP) is 2.21. The number of rotatable bonds is 7. The summed E-state index contributed by atoms with van der Waals surface area (Å²) in [6.45, 7) is 8.09. The molecule has 27 heavy (non-hydrogen) atoms. The van der Waals surface area contributed by atoms with Crippen molar-refractivity contribution in [3.8, 4) is 11.5 Å². The quantitative estimate of drug-likeness (QED) is 0.738. The molecule has 3 rings (SSSR count). The predicted molar refractivity (Wildman–Crippen MR) is 109 cm³/mol. The molecule has 0 bridgehead atoms. The zero-order valence-electron chi connectivity index (χ0n) is 16.4. The van der Waals surface area contributed by atoms with Crippen LogP contribution in [0, 0.1) is 5.41 Å². The van der Waals surface area contributed by atoms with Gasteiger partial charge in [0.2, 0.25) is 0 Å². The molecule has 2 aliphatic heterocycles. The maximum Gasteiger partial charge on any atom is 0.257 e. The van der Waals surface area contributed by atoms with Gasteiger partial charge >= 0.3 is 0 Å². The molecule has 0 saturated carbocycles. The standard InChI is InChI=1S/C20H31N3O3.ClH/c1-3-22-19(24)14-26-17-5-4-16(12-18(17)25-2)13-23-11-8-20(15-23)6-9-21-10-7-20;/h4-5,12,21H,3,6-11,13-15H2,1-2H3,(H,22,24);1H. The zero-order valence-corrected chi connectivity index (χ0v) is 17.2. The molecule has 0 atom stereocenters. The topological polar surface area (TPSA) is 62.8 Å². The Balaban J connectivity index is 0.00000261. The van der Waals surface area contributed by atoms with E-state index in [-0.39, 0.29) is 24.9 Å². The number of amides is 1. The molecule has 0 radical (unpaired) electrons. The lowest BCUT2D eigenvalue weighted by Gasteiger charge is -2.34. The number of hydrogen-bond donors (Lipinski definition) is 2. The van der Waals surface area contributed by atoms with Crippen LogP contribution in [0.15, 0.2) is 18.2 Å². The summed E-state index contributed by atoms with van der Waals surface area (Å²) < 4.78 is 11.1. The van der Waals surface area contributed by atoms with E-state index in [9.17, 15) is 4.79 Å². The number of methoxy groups -OCH3 is 1. The van der Waals surface area contributed by atoms with Gasteiger partial charge in [-0.1, -0.05) is 6.07 Å². The van der Waals surface area contributed by atoms with Crippen molar-refractivity contribution >= 4 is 18.3 Å². The summed E-state index contributed by atoms with van der Waals surface area (Å²) in [7, 11) is 1.64. The fourth-order valence-electron chi connectivity index (χ4n) is 4.11. The molecular formula is C20H32ClN3O3. The van der Waals surface area contributed by atoms with Gasteiger partial charge in [0.25, 0.3) is 5.91 Å². The number of ether oxygens (including phenoxy) is 2. The zero-order chi connectivity index (χ0) is 18.4. The van der Waals surface area contributed by atoms with Gasteiger partial charge in [-0.3, -0.25) is 9.69 Å². The molecular weight excluding hydrogens is 366 g/mol. The Labute approximate surface area is 168 Å². The molecule has 1 amide bonds. The number of benzene rings is 1. The SMILES string of the molecule is CCNC(=O)COc1ccc(CN2CCC3(CCNCC3)C2)cc1OC.Cl. The molecule has 2 N–H and O–H groups in total. The number of nitrogens with one attached hydrogen (secondary N) is 2. The van der Waals surface area contributed by atoms with E-state index >= 15 is 0 Å². The molecule has 6 nitrogen and oxygen atoms in total. The van der Waals surface area contributed by atoms with Gasteiger partial charge in [-0.25, -0.2) is 0 Å². The number of likely N-dealkylation sites (tertiary alicyclic amines) is 1. The van der Waals surface area contributed by atoms with Crippen LogP contribution in [0.2, 0.25) is 0 Å². The van der Waals surface area contributed by atoms with E-state index in [1.54, 1.807) is 7.11 Å². The summed E-state index contributed by atoms with van der Waals surface area (Å²) in [5.74, 6) is 1.17. The molecule has 1 spiro atoms. The number of carbonyl (C=O) groups excluding carboxylic acids is 1. The minimum atomic E-state index is -0.122. The average molecular weight is 398 g/mol. The molecule has 7 heteroatoms. The van der Waals surface area contributed by atoms with Crippen molar-refractivity contribution in [2.45, 2.75) is 32.7 Å². The van der Waals surface area contributed by atoms with Crippen molar-refractivity contribution in [3.05, 3.63) is 23.8 Å². The number of piperidine rings is 1. The summed E-state index contributed by atoms with van der Waals surface area (Å²) in [5, 5.41) is 6.20. The summed E-state index contributed by atoms with van der Waals surface area (Å²) in [4.78, 5) is 14.1. The second-order valence-electron chi connectivity index (χ2n) is 7.44. The van der Waals surface area contributed by atoms with Crippen molar-refractivity contribution in [1.82, 2.24) is 15.5 Å². The van der Waals surface area contributed by atoms with Crippen molar-refractivity contribution < 1.29 is 14.3 Å². The van der Waals surface area contributed by atoms with Gasteiger partial charge in [-0.05, 0) is 68.9 Å². The van der Waals surface area contributed by atoms with E-state index in [1.807, 2.05) is 19.1 Å². The third-order valence-electron chi connectivity index (χ3n) is 5.55. The van der Waals surface area contributed by atoms with Crippen LogP contribution >= 0.6 is 12.4 Å². The second-order valence-corrected chi connectivity index (χ2v) is 7.44. The van der Waals surface area contributed by atoms with E-state index in [0.29, 0.717) is 23.5 Å². The van der Waals surface area contributed by atoms with Gasteiger partial charge < -0.3 is 20.1 Å². The second kappa shape index (κ2) is 10.2. The molecule has 1 aromatic rings. The lowest BCUT2D eigenvalue weighted by Crippen LogP contribution is -2.38. The van der Waals surface area contributed by atoms with Gasteiger partial charge in [0.05, 0.1) is 7.11 Å². The van der Waals surface area contributed by atoms with E-state index in [2.05, 4.69) is 21.6 Å². The summed E-state index contributed by atoms with van der Waals surface area (Å²) >= 11 is 0. The van der Waals surface area contributed by atoms with Gasteiger partial charge in [0.1, 0.15) is 0 Å². The summed E-state index contributed by atoms with van der Waals surface area (Å²) in [6.07, 6.45) is 3.89. The third-order valence-corrected chi connectivity index (χ3v) is 5.55. The first-order chi connectivity index (χ1) is 12.6. The summed E-state index contributed by atoms with van der Waals surface area (Å²) in [5.41, 5.74) is 1.74. The molecule has 2 saturated heterocycles. The van der Waals surface area contributed by atoms with E-state index in [1.165, 1.54) is 31.4 Å². The number of carbonyl (C=O) groups is 1. The Morgan fingerprint density at radius 3 is 2.74 bits per heavy atom. The molecule has 152 valence electrons. The largest absolute Gasteiger partial charge is 0.493 e. The Bertz CT molecular complexity index is 620. The lowest BCUT2D eigenvalue weighted by molar-refractivity contribution is -0.123. The highest BCUT2D eigenvalue weighted by atomic mass is 35.5. The molecule has 2 aliphatic rings. The van der Waals surface area contributed by atoms with Crippen molar-refractivity contribution in [2.75, 3.05) is 46.4 Å². The van der Waals surface area contributed by atoms with Crippen LogP contribution in [0.5, 0.6) is 11.5 Å². The fraction of sp³-hybridized carbons (Fsp3) is 0.650. The first kappa shape index (κ1) is 21.8. The van der Waals surface area contributed by atoms with E-state index < -0.39 is 0 Å². The first-order valence-corrected chi connectivity index (χ1v) is 9.64. The van der Waals surface area contributed by atoms with Crippen molar-refractivity contribution in [3.63, 3.8) is 0 Å². The minimum Gasteiger partial charge on any atom is -0.493 e. The molecule has 0 aliphatic carbocycles. The number of likely N-dealkylation sites (N-methyl/N-ethyl adjacent to an activating group) is 1. The first-order valence-electron chi connectivity index (χ1n) is 9.64. The van der Waals surface area contributed by atoms with Gasteiger partial charge in [-0.15, -0.1) is 12.4 Å². The molecule has 1 aromatic carbocycles.